The van der Waals surface area contributed by atoms with Crippen LogP contribution < -0.4 is 0 Å². The Bertz CT molecular complexity index is 597. The van der Waals surface area contributed by atoms with Crippen molar-refractivity contribution in [2.24, 2.45) is 11.8 Å². The molecule has 1 aliphatic heterocycles. The van der Waals surface area contributed by atoms with E-state index >= 15 is 0 Å². The van der Waals surface area contributed by atoms with Gasteiger partial charge in [0.15, 0.2) is 5.76 Å². The molecule has 1 amide bonds. The van der Waals surface area contributed by atoms with Crippen LogP contribution in [0.5, 0.6) is 0 Å². The third kappa shape index (κ3) is 3.12. The standard InChI is InChI=1S/C14H19N5O2/c1-10-6-11(2)8-18(7-10)13(20)9-19-16-14(15-17-19)12-4-3-5-21-12/h3-5,10-11H,6-9H2,1-2H3/t10-,11-/m0/s1. The quantitative estimate of drug-likeness (QED) is 0.854. The van der Waals surface area contributed by atoms with Gasteiger partial charge in [0.2, 0.25) is 11.7 Å². The van der Waals surface area contributed by atoms with Crippen LogP contribution in [-0.2, 0) is 11.3 Å². The fourth-order valence-corrected chi connectivity index (χ4v) is 2.90. The lowest BCUT2D eigenvalue weighted by Crippen LogP contribution is -2.44. The summed E-state index contributed by atoms with van der Waals surface area (Å²) in [6, 6.07) is 3.52. The third-order valence-electron chi connectivity index (χ3n) is 3.69. The lowest BCUT2D eigenvalue weighted by Gasteiger charge is -2.34. The summed E-state index contributed by atoms with van der Waals surface area (Å²) < 4.78 is 5.21. The highest BCUT2D eigenvalue weighted by molar-refractivity contribution is 5.75. The predicted molar refractivity (Wildman–Crippen MR) is 75.0 cm³/mol. The molecule has 3 rings (SSSR count). The second kappa shape index (κ2) is 5.67. The summed E-state index contributed by atoms with van der Waals surface area (Å²) in [6.07, 6.45) is 2.73. The highest BCUT2D eigenvalue weighted by Crippen LogP contribution is 2.21. The summed E-state index contributed by atoms with van der Waals surface area (Å²) in [4.78, 5) is 15.5. The monoisotopic (exact) mass is 289 g/mol. The van der Waals surface area contributed by atoms with Crippen molar-refractivity contribution in [1.82, 2.24) is 25.1 Å². The summed E-state index contributed by atoms with van der Waals surface area (Å²) in [5, 5.41) is 12.0. The van der Waals surface area contributed by atoms with E-state index in [0.29, 0.717) is 23.4 Å². The summed E-state index contributed by atoms with van der Waals surface area (Å²) in [6.45, 7) is 6.09. The molecule has 1 saturated heterocycles. The lowest BCUT2D eigenvalue weighted by molar-refractivity contribution is -0.135. The molecule has 0 aromatic carbocycles. The third-order valence-corrected chi connectivity index (χ3v) is 3.69. The number of carbonyl (C=O) groups is 1. The minimum atomic E-state index is 0.0387. The van der Waals surface area contributed by atoms with Crippen LogP contribution in [0.25, 0.3) is 11.6 Å². The molecule has 112 valence electrons. The first-order valence-electron chi connectivity index (χ1n) is 7.21. The van der Waals surface area contributed by atoms with Gasteiger partial charge >= 0.3 is 0 Å². The zero-order chi connectivity index (χ0) is 14.8. The van der Waals surface area contributed by atoms with Crippen molar-refractivity contribution in [3.8, 4) is 11.6 Å². The predicted octanol–water partition coefficient (Wildman–Crippen LogP) is 1.44. The van der Waals surface area contributed by atoms with Gasteiger partial charge in [-0.15, -0.1) is 10.2 Å². The van der Waals surface area contributed by atoms with Crippen LogP contribution in [0.15, 0.2) is 22.8 Å². The van der Waals surface area contributed by atoms with Crippen LogP contribution in [0.1, 0.15) is 20.3 Å². The van der Waals surface area contributed by atoms with Gasteiger partial charge in [0.25, 0.3) is 0 Å². The SMILES string of the molecule is C[C@H]1C[C@H](C)CN(C(=O)Cn2nnc(-c3ccco3)n2)C1. The molecule has 0 N–H and O–H groups in total. The van der Waals surface area contributed by atoms with Gasteiger partial charge in [-0.05, 0) is 35.6 Å². The van der Waals surface area contributed by atoms with E-state index in [4.69, 9.17) is 4.42 Å². The maximum atomic E-state index is 12.3. The molecule has 1 fully saturated rings. The number of nitrogens with zero attached hydrogens (tertiary/aromatic N) is 5. The Hall–Kier alpha value is -2.18. The van der Waals surface area contributed by atoms with Gasteiger partial charge in [0.1, 0.15) is 6.54 Å². The van der Waals surface area contributed by atoms with Crippen LogP contribution in [0.3, 0.4) is 0 Å². The van der Waals surface area contributed by atoms with Crippen LogP contribution in [0.4, 0.5) is 0 Å². The maximum Gasteiger partial charge on any atom is 0.246 e. The number of amides is 1. The van der Waals surface area contributed by atoms with Gasteiger partial charge in [0, 0.05) is 13.1 Å². The Kier molecular flexibility index (Phi) is 3.72. The summed E-state index contributed by atoms with van der Waals surface area (Å²) in [5.74, 6) is 2.07. The van der Waals surface area contributed by atoms with Crippen molar-refractivity contribution in [3.63, 3.8) is 0 Å². The number of hydrogen-bond acceptors (Lipinski definition) is 5. The molecule has 2 atom stereocenters. The number of furan rings is 1. The van der Waals surface area contributed by atoms with E-state index in [1.165, 1.54) is 11.2 Å². The molecule has 7 heteroatoms. The molecule has 1 aliphatic rings. The van der Waals surface area contributed by atoms with E-state index in [2.05, 4.69) is 29.3 Å². The number of piperidine rings is 1. The largest absolute Gasteiger partial charge is 0.461 e. The molecule has 2 aromatic rings. The fraction of sp³-hybridized carbons (Fsp3) is 0.571. The minimum absolute atomic E-state index is 0.0387. The Morgan fingerprint density at radius 1 is 1.38 bits per heavy atom. The number of likely N-dealkylation sites (tertiary alicyclic amines) is 1. The van der Waals surface area contributed by atoms with Crippen molar-refractivity contribution >= 4 is 5.91 Å². The van der Waals surface area contributed by atoms with Crippen LogP contribution in [0.2, 0.25) is 0 Å². The Balaban J connectivity index is 1.65. The summed E-state index contributed by atoms with van der Waals surface area (Å²) in [7, 11) is 0. The maximum absolute atomic E-state index is 12.3. The van der Waals surface area contributed by atoms with Gasteiger partial charge in [-0.1, -0.05) is 13.8 Å². The van der Waals surface area contributed by atoms with Crippen molar-refractivity contribution in [2.45, 2.75) is 26.8 Å². The molecule has 0 saturated carbocycles. The first-order chi connectivity index (χ1) is 10.1. The van der Waals surface area contributed by atoms with E-state index in [1.54, 1.807) is 18.4 Å². The molecular weight excluding hydrogens is 270 g/mol. The van der Waals surface area contributed by atoms with E-state index in [9.17, 15) is 4.79 Å². The Labute approximate surface area is 122 Å². The molecule has 0 bridgehead atoms. The molecule has 21 heavy (non-hydrogen) atoms. The smallest absolute Gasteiger partial charge is 0.246 e. The number of tetrazole rings is 1. The van der Waals surface area contributed by atoms with Crippen molar-refractivity contribution in [1.29, 1.82) is 0 Å². The lowest BCUT2D eigenvalue weighted by atomic mass is 9.92. The topological polar surface area (TPSA) is 77.0 Å². The van der Waals surface area contributed by atoms with Crippen LogP contribution in [0, 0.1) is 11.8 Å². The second-order valence-electron chi connectivity index (χ2n) is 5.87. The number of aromatic nitrogens is 4. The first kappa shape index (κ1) is 13.8. The highest BCUT2D eigenvalue weighted by atomic mass is 16.3. The molecule has 0 aliphatic carbocycles. The molecule has 0 spiro atoms. The Morgan fingerprint density at radius 2 is 2.14 bits per heavy atom. The second-order valence-corrected chi connectivity index (χ2v) is 5.87. The molecule has 2 aromatic heterocycles. The molecule has 3 heterocycles. The zero-order valence-electron chi connectivity index (χ0n) is 12.3. The minimum Gasteiger partial charge on any atom is -0.461 e. The summed E-state index contributed by atoms with van der Waals surface area (Å²) >= 11 is 0. The van der Waals surface area contributed by atoms with Gasteiger partial charge in [-0.2, -0.15) is 4.80 Å². The van der Waals surface area contributed by atoms with Gasteiger partial charge in [-0.3, -0.25) is 4.79 Å². The number of rotatable bonds is 3. The van der Waals surface area contributed by atoms with E-state index in [1.807, 2.05) is 4.90 Å². The van der Waals surface area contributed by atoms with Gasteiger partial charge in [0.05, 0.1) is 6.26 Å². The van der Waals surface area contributed by atoms with Crippen molar-refractivity contribution in [2.75, 3.05) is 13.1 Å². The average molecular weight is 289 g/mol. The number of carbonyl (C=O) groups excluding carboxylic acids is 1. The zero-order valence-corrected chi connectivity index (χ0v) is 12.3. The molecular formula is C14H19N5O2. The fourth-order valence-electron chi connectivity index (χ4n) is 2.90. The van der Waals surface area contributed by atoms with Crippen LogP contribution in [-0.4, -0.2) is 44.1 Å². The molecule has 0 unspecified atom stereocenters. The van der Waals surface area contributed by atoms with Crippen molar-refractivity contribution < 1.29 is 9.21 Å². The van der Waals surface area contributed by atoms with E-state index in [0.717, 1.165) is 13.1 Å². The van der Waals surface area contributed by atoms with Crippen molar-refractivity contribution in [3.05, 3.63) is 18.4 Å². The first-order valence-corrected chi connectivity index (χ1v) is 7.21. The highest BCUT2D eigenvalue weighted by Gasteiger charge is 2.26. The molecule has 0 radical (unpaired) electrons. The normalized spacial score (nSPS) is 22.5. The molecule has 7 nitrogen and oxygen atoms in total. The van der Waals surface area contributed by atoms with Crippen LogP contribution >= 0.6 is 0 Å². The van der Waals surface area contributed by atoms with Gasteiger partial charge < -0.3 is 9.32 Å². The van der Waals surface area contributed by atoms with E-state index in [-0.39, 0.29) is 12.5 Å². The Morgan fingerprint density at radius 3 is 2.81 bits per heavy atom. The van der Waals surface area contributed by atoms with Gasteiger partial charge in [-0.25, -0.2) is 0 Å². The van der Waals surface area contributed by atoms with E-state index < -0.39 is 0 Å². The summed E-state index contributed by atoms with van der Waals surface area (Å²) in [5.41, 5.74) is 0. The number of hydrogen-bond donors (Lipinski definition) is 0. The average Bonchev–Trinajstić information content (AvgIpc) is 3.07.